The van der Waals surface area contributed by atoms with Gasteiger partial charge in [-0.2, -0.15) is 18.3 Å². The molecule has 0 saturated heterocycles. The third kappa shape index (κ3) is 4.23. The van der Waals surface area contributed by atoms with E-state index >= 15 is 0 Å². The summed E-state index contributed by atoms with van der Waals surface area (Å²) in [6.45, 7) is 8.50. The predicted molar refractivity (Wildman–Crippen MR) is 69.1 cm³/mol. The number of aromatic nitrogens is 2. The monoisotopic (exact) mass is 277 g/mol. The van der Waals surface area contributed by atoms with Gasteiger partial charge < -0.3 is 5.32 Å². The molecule has 0 spiro atoms. The van der Waals surface area contributed by atoms with Gasteiger partial charge in [-0.1, -0.05) is 6.92 Å². The first-order chi connectivity index (χ1) is 8.65. The van der Waals surface area contributed by atoms with Gasteiger partial charge in [0.15, 0.2) is 0 Å². The number of alkyl halides is 3. The molecule has 19 heavy (non-hydrogen) atoms. The standard InChI is InChI=1S/C13H22F3N3/c1-6-8(2)17-9(3)12-10(4)18-19(11(12)5)7-13(14,15)16/h8-9,17H,6-7H2,1-5H3. The minimum Gasteiger partial charge on any atom is -0.308 e. The molecule has 0 fully saturated rings. The fourth-order valence-electron chi connectivity index (χ4n) is 2.29. The Labute approximate surface area is 112 Å². The number of halogens is 3. The lowest BCUT2D eigenvalue weighted by Gasteiger charge is -2.19. The van der Waals surface area contributed by atoms with Crippen LogP contribution in [0.15, 0.2) is 0 Å². The molecule has 1 aromatic heterocycles. The van der Waals surface area contributed by atoms with Crippen molar-refractivity contribution >= 4 is 0 Å². The van der Waals surface area contributed by atoms with Crippen LogP contribution in [0.2, 0.25) is 0 Å². The topological polar surface area (TPSA) is 29.9 Å². The van der Waals surface area contributed by atoms with Crippen LogP contribution in [-0.2, 0) is 6.54 Å². The first-order valence-electron chi connectivity index (χ1n) is 6.52. The number of hydrogen-bond donors (Lipinski definition) is 1. The normalized spacial score (nSPS) is 15.6. The van der Waals surface area contributed by atoms with E-state index in [2.05, 4.69) is 24.3 Å². The average molecular weight is 277 g/mol. The van der Waals surface area contributed by atoms with Crippen molar-refractivity contribution in [3.8, 4) is 0 Å². The van der Waals surface area contributed by atoms with Crippen LogP contribution < -0.4 is 5.32 Å². The molecule has 110 valence electrons. The van der Waals surface area contributed by atoms with E-state index in [1.807, 2.05) is 6.92 Å². The van der Waals surface area contributed by atoms with Crippen LogP contribution in [0.25, 0.3) is 0 Å². The first kappa shape index (κ1) is 16.0. The van der Waals surface area contributed by atoms with Crippen LogP contribution in [0.1, 0.15) is 50.2 Å². The molecule has 1 N–H and O–H groups in total. The summed E-state index contributed by atoms with van der Waals surface area (Å²) in [5.74, 6) is 0. The van der Waals surface area contributed by atoms with E-state index in [9.17, 15) is 13.2 Å². The Morgan fingerprint density at radius 3 is 2.32 bits per heavy atom. The van der Waals surface area contributed by atoms with Gasteiger partial charge in [0.25, 0.3) is 0 Å². The summed E-state index contributed by atoms with van der Waals surface area (Å²) in [6, 6.07) is 0.316. The molecule has 0 aliphatic carbocycles. The average Bonchev–Trinajstić information content (AvgIpc) is 2.51. The molecule has 0 aliphatic rings. The maximum absolute atomic E-state index is 12.5. The zero-order valence-corrected chi connectivity index (χ0v) is 12.1. The third-order valence-electron chi connectivity index (χ3n) is 3.35. The second-order valence-electron chi connectivity index (χ2n) is 5.05. The predicted octanol–water partition coefficient (Wildman–Crippen LogP) is 3.51. The molecule has 2 unspecified atom stereocenters. The summed E-state index contributed by atoms with van der Waals surface area (Å²) in [4.78, 5) is 0. The second-order valence-corrected chi connectivity index (χ2v) is 5.05. The highest BCUT2D eigenvalue weighted by molar-refractivity contribution is 5.28. The molecule has 0 amide bonds. The summed E-state index contributed by atoms with van der Waals surface area (Å²) in [5.41, 5.74) is 2.10. The lowest BCUT2D eigenvalue weighted by Crippen LogP contribution is -2.29. The van der Waals surface area contributed by atoms with E-state index < -0.39 is 12.7 Å². The van der Waals surface area contributed by atoms with E-state index in [1.165, 1.54) is 0 Å². The van der Waals surface area contributed by atoms with Gasteiger partial charge in [0.2, 0.25) is 0 Å². The highest BCUT2D eigenvalue weighted by atomic mass is 19.4. The fraction of sp³-hybridized carbons (Fsp3) is 0.769. The summed E-state index contributed by atoms with van der Waals surface area (Å²) < 4.78 is 38.4. The van der Waals surface area contributed by atoms with Gasteiger partial charge in [-0.15, -0.1) is 0 Å². The second kappa shape index (κ2) is 5.94. The van der Waals surface area contributed by atoms with Crippen LogP contribution in [0, 0.1) is 13.8 Å². The van der Waals surface area contributed by atoms with Crippen molar-refractivity contribution in [3.05, 3.63) is 17.0 Å². The molecule has 1 aromatic rings. The molecule has 2 atom stereocenters. The van der Waals surface area contributed by atoms with E-state index in [4.69, 9.17) is 0 Å². The Kier molecular flexibility index (Phi) is 5.01. The third-order valence-corrected chi connectivity index (χ3v) is 3.35. The molecule has 0 saturated carbocycles. The number of nitrogens with zero attached hydrogens (tertiary/aromatic N) is 2. The van der Waals surface area contributed by atoms with Gasteiger partial charge in [-0.25, -0.2) is 0 Å². The fourth-order valence-corrected chi connectivity index (χ4v) is 2.29. The largest absolute Gasteiger partial charge is 0.408 e. The van der Waals surface area contributed by atoms with Crippen molar-refractivity contribution in [2.45, 2.75) is 65.8 Å². The van der Waals surface area contributed by atoms with Gasteiger partial charge in [-0.05, 0) is 34.1 Å². The SMILES string of the molecule is CCC(C)NC(C)c1c(C)nn(CC(F)(F)F)c1C. The number of hydrogen-bond acceptors (Lipinski definition) is 2. The van der Waals surface area contributed by atoms with Gasteiger partial charge in [0.1, 0.15) is 6.54 Å². The van der Waals surface area contributed by atoms with Crippen LogP contribution in [0.4, 0.5) is 13.2 Å². The van der Waals surface area contributed by atoms with Crippen molar-refractivity contribution < 1.29 is 13.2 Å². The summed E-state index contributed by atoms with van der Waals surface area (Å²) in [6.07, 6.45) is -3.27. The smallest absolute Gasteiger partial charge is 0.308 e. The minimum absolute atomic E-state index is 0.00284. The van der Waals surface area contributed by atoms with Crippen LogP contribution >= 0.6 is 0 Å². The van der Waals surface area contributed by atoms with E-state index in [0.29, 0.717) is 17.4 Å². The van der Waals surface area contributed by atoms with Crippen molar-refractivity contribution in [3.63, 3.8) is 0 Å². The van der Waals surface area contributed by atoms with Gasteiger partial charge in [-0.3, -0.25) is 4.68 Å². The minimum atomic E-state index is -4.24. The maximum atomic E-state index is 12.5. The molecular formula is C13H22F3N3. The van der Waals surface area contributed by atoms with Crippen LogP contribution in [0.5, 0.6) is 0 Å². The summed E-state index contributed by atoms with van der Waals surface area (Å²) in [5, 5.41) is 7.38. The molecule has 0 radical (unpaired) electrons. The number of nitrogens with one attached hydrogen (secondary N) is 1. The van der Waals surface area contributed by atoms with Crippen molar-refractivity contribution in [2.24, 2.45) is 0 Å². The molecule has 0 bridgehead atoms. The maximum Gasteiger partial charge on any atom is 0.408 e. The van der Waals surface area contributed by atoms with E-state index in [0.717, 1.165) is 16.7 Å². The molecule has 3 nitrogen and oxygen atoms in total. The van der Waals surface area contributed by atoms with Gasteiger partial charge >= 0.3 is 6.18 Å². The molecule has 6 heteroatoms. The Morgan fingerprint density at radius 2 is 1.84 bits per heavy atom. The molecule has 0 aromatic carbocycles. The molecule has 1 heterocycles. The van der Waals surface area contributed by atoms with Crippen LogP contribution in [-0.4, -0.2) is 22.0 Å². The quantitative estimate of drug-likeness (QED) is 0.892. The van der Waals surface area contributed by atoms with Crippen LogP contribution in [0.3, 0.4) is 0 Å². The van der Waals surface area contributed by atoms with Gasteiger partial charge in [0.05, 0.1) is 5.69 Å². The molecular weight excluding hydrogens is 255 g/mol. The van der Waals surface area contributed by atoms with Crippen molar-refractivity contribution in [1.29, 1.82) is 0 Å². The number of rotatable bonds is 5. The van der Waals surface area contributed by atoms with Crippen molar-refractivity contribution in [2.75, 3.05) is 0 Å². The first-order valence-corrected chi connectivity index (χ1v) is 6.52. The zero-order valence-electron chi connectivity index (χ0n) is 12.1. The van der Waals surface area contributed by atoms with Gasteiger partial charge in [0, 0.05) is 23.3 Å². The Bertz CT molecular complexity index is 424. The zero-order chi connectivity index (χ0) is 14.8. The number of aryl methyl sites for hydroxylation is 1. The summed E-state index contributed by atoms with van der Waals surface area (Å²) in [7, 11) is 0. The van der Waals surface area contributed by atoms with E-state index in [-0.39, 0.29) is 6.04 Å². The lowest BCUT2D eigenvalue weighted by molar-refractivity contribution is -0.142. The van der Waals surface area contributed by atoms with Crippen molar-refractivity contribution in [1.82, 2.24) is 15.1 Å². The molecule has 0 aliphatic heterocycles. The Morgan fingerprint density at radius 1 is 1.26 bits per heavy atom. The lowest BCUT2D eigenvalue weighted by atomic mass is 10.1. The molecule has 1 rings (SSSR count). The Hall–Kier alpha value is -1.04. The highest BCUT2D eigenvalue weighted by Gasteiger charge is 2.30. The highest BCUT2D eigenvalue weighted by Crippen LogP contribution is 2.25. The van der Waals surface area contributed by atoms with E-state index in [1.54, 1.807) is 13.8 Å². The summed E-state index contributed by atoms with van der Waals surface area (Å²) >= 11 is 0. The Balaban J connectivity index is 2.96.